The fourth-order valence-corrected chi connectivity index (χ4v) is 2.10. The van der Waals surface area contributed by atoms with Gasteiger partial charge in [-0.2, -0.15) is 0 Å². The zero-order valence-electron chi connectivity index (χ0n) is 10.1. The van der Waals surface area contributed by atoms with Crippen molar-refractivity contribution in [1.29, 1.82) is 0 Å². The summed E-state index contributed by atoms with van der Waals surface area (Å²) < 4.78 is 4.73. The lowest BCUT2D eigenvalue weighted by Crippen LogP contribution is -2.24. The van der Waals surface area contributed by atoms with Crippen LogP contribution in [0.4, 0.5) is 5.69 Å². The minimum absolute atomic E-state index is 0.111. The maximum absolute atomic E-state index is 11.4. The van der Waals surface area contributed by atoms with Crippen molar-refractivity contribution in [3.8, 4) is 0 Å². The summed E-state index contributed by atoms with van der Waals surface area (Å²) in [6.45, 7) is 1.34. The summed E-state index contributed by atoms with van der Waals surface area (Å²) in [4.78, 5) is 28.4. The molecule has 1 atom stereocenters. The summed E-state index contributed by atoms with van der Waals surface area (Å²) in [5.41, 5.74) is 6.27. The first-order valence-electron chi connectivity index (χ1n) is 5.70. The van der Waals surface area contributed by atoms with Gasteiger partial charge >= 0.3 is 5.97 Å². The lowest BCUT2D eigenvalue weighted by Gasteiger charge is -2.18. The summed E-state index contributed by atoms with van der Waals surface area (Å²) in [6, 6.07) is 3.44. The average Bonchev–Trinajstić information content (AvgIpc) is 2.87. The SMILES string of the molecule is COC(=O)C1CCN(c2ccnc(C(N)=O)c2)C1. The molecule has 1 aliphatic heterocycles. The van der Waals surface area contributed by atoms with Gasteiger partial charge in [-0.05, 0) is 18.6 Å². The summed E-state index contributed by atoms with van der Waals surface area (Å²) >= 11 is 0. The molecule has 2 N–H and O–H groups in total. The molecule has 1 amide bonds. The number of amides is 1. The number of ether oxygens (including phenoxy) is 1. The van der Waals surface area contributed by atoms with E-state index >= 15 is 0 Å². The lowest BCUT2D eigenvalue weighted by molar-refractivity contribution is -0.144. The van der Waals surface area contributed by atoms with Crippen LogP contribution < -0.4 is 10.6 Å². The Morgan fingerprint density at radius 2 is 2.33 bits per heavy atom. The maximum Gasteiger partial charge on any atom is 0.310 e. The number of hydrogen-bond donors (Lipinski definition) is 1. The van der Waals surface area contributed by atoms with Gasteiger partial charge in [0.2, 0.25) is 0 Å². The largest absolute Gasteiger partial charge is 0.469 e. The zero-order valence-corrected chi connectivity index (χ0v) is 10.1. The summed E-state index contributed by atoms with van der Waals surface area (Å²) in [5, 5.41) is 0. The molecule has 1 fully saturated rings. The predicted octanol–water partition coefficient (Wildman–Crippen LogP) is 0.180. The molecule has 1 saturated heterocycles. The number of nitrogens with two attached hydrogens (primary N) is 1. The molecule has 6 nitrogen and oxygen atoms in total. The van der Waals surface area contributed by atoms with Crippen LogP contribution in [0.3, 0.4) is 0 Å². The number of pyridine rings is 1. The van der Waals surface area contributed by atoms with Crippen LogP contribution in [0.5, 0.6) is 0 Å². The first-order valence-corrected chi connectivity index (χ1v) is 5.70. The highest BCUT2D eigenvalue weighted by Crippen LogP contribution is 2.24. The van der Waals surface area contributed by atoms with Crippen LogP contribution in [0.1, 0.15) is 16.9 Å². The smallest absolute Gasteiger partial charge is 0.310 e. The van der Waals surface area contributed by atoms with Gasteiger partial charge in [0.15, 0.2) is 0 Å². The van der Waals surface area contributed by atoms with Crippen molar-refractivity contribution in [2.24, 2.45) is 11.7 Å². The van der Waals surface area contributed by atoms with E-state index in [1.807, 2.05) is 4.90 Å². The van der Waals surface area contributed by atoms with Gasteiger partial charge in [-0.25, -0.2) is 0 Å². The number of nitrogens with zero attached hydrogens (tertiary/aromatic N) is 2. The first-order chi connectivity index (χ1) is 8.61. The Morgan fingerprint density at radius 1 is 1.56 bits per heavy atom. The van der Waals surface area contributed by atoms with Gasteiger partial charge in [-0.15, -0.1) is 0 Å². The van der Waals surface area contributed by atoms with Crippen LogP contribution in [0, 0.1) is 5.92 Å². The molecule has 1 aromatic rings. The second-order valence-corrected chi connectivity index (χ2v) is 4.22. The van der Waals surface area contributed by atoms with Gasteiger partial charge in [-0.1, -0.05) is 0 Å². The van der Waals surface area contributed by atoms with E-state index < -0.39 is 5.91 Å². The fraction of sp³-hybridized carbons (Fsp3) is 0.417. The Balaban J connectivity index is 2.12. The van der Waals surface area contributed by atoms with Crippen LogP contribution in [0.25, 0.3) is 0 Å². The molecular weight excluding hydrogens is 234 g/mol. The molecule has 2 heterocycles. The van der Waals surface area contributed by atoms with Crippen molar-refractivity contribution < 1.29 is 14.3 Å². The molecule has 0 spiro atoms. The third kappa shape index (κ3) is 2.42. The fourth-order valence-electron chi connectivity index (χ4n) is 2.10. The number of aromatic nitrogens is 1. The molecule has 18 heavy (non-hydrogen) atoms. The van der Waals surface area contributed by atoms with Gasteiger partial charge in [0, 0.05) is 25.0 Å². The molecular formula is C12H15N3O3. The van der Waals surface area contributed by atoms with Crippen molar-refractivity contribution in [1.82, 2.24) is 4.98 Å². The Hall–Kier alpha value is -2.11. The molecule has 0 bridgehead atoms. The van der Waals surface area contributed by atoms with Crippen molar-refractivity contribution in [2.45, 2.75) is 6.42 Å². The molecule has 0 aliphatic carbocycles. The number of anilines is 1. The van der Waals surface area contributed by atoms with Crippen LogP contribution in [-0.2, 0) is 9.53 Å². The third-order valence-corrected chi connectivity index (χ3v) is 3.08. The van der Waals surface area contributed by atoms with Gasteiger partial charge in [0.25, 0.3) is 5.91 Å². The number of primary amides is 1. The van der Waals surface area contributed by atoms with Crippen LogP contribution >= 0.6 is 0 Å². The molecule has 2 rings (SSSR count). The minimum atomic E-state index is -0.555. The van der Waals surface area contributed by atoms with E-state index in [0.717, 1.165) is 18.7 Å². The molecule has 0 saturated carbocycles. The second-order valence-electron chi connectivity index (χ2n) is 4.22. The number of rotatable bonds is 3. The van der Waals surface area contributed by atoms with Crippen LogP contribution in [0.15, 0.2) is 18.3 Å². The molecule has 0 radical (unpaired) electrons. The second kappa shape index (κ2) is 5.03. The standard InChI is InChI=1S/C12H15N3O3/c1-18-12(17)8-3-5-15(7-8)9-2-4-14-10(6-9)11(13)16/h2,4,6,8H,3,5,7H2,1H3,(H2,13,16). The van der Waals surface area contributed by atoms with Crippen LogP contribution in [0.2, 0.25) is 0 Å². The molecule has 6 heteroatoms. The summed E-state index contributed by atoms with van der Waals surface area (Å²) in [5.74, 6) is -0.859. The predicted molar refractivity (Wildman–Crippen MR) is 65.1 cm³/mol. The molecule has 1 aromatic heterocycles. The van der Waals surface area contributed by atoms with E-state index in [-0.39, 0.29) is 17.6 Å². The van der Waals surface area contributed by atoms with E-state index in [4.69, 9.17) is 10.5 Å². The van der Waals surface area contributed by atoms with E-state index in [2.05, 4.69) is 4.98 Å². The highest BCUT2D eigenvalue weighted by Gasteiger charge is 2.29. The van der Waals surface area contributed by atoms with Crippen molar-refractivity contribution in [3.05, 3.63) is 24.0 Å². The number of carbonyl (C=O) groups is 2. The van der Waals surface area contributed by atoms with E-state index in [1.54, 1.807) is 18.3 Å². The van der Waals surface area contributed by atoms with Crippen molar-refractivity contribution in [2.75, 3.05) is 25.1 Å². The van der Waals surface area contributed by atoms with E-state index in [0.29, 0.717) is 6.54 Å². The Bertz CT molecular complexity index is 475. The number of esters is 1. The minimum Gasteiger partial charge on any atom is -0.469 e. The van der Waals surface area contributed by atoms with Gasteiger partial charge in [-0.3, -0.25) is 14.6 Å². The normalized spacial score (nSPS) is 18.7. The maximum atomic E-state index is 11.4. The van der Waals surface area contributed by atoms with Crippen molar-refractivity contribution >= 4 is 17.6 Å². The topological polar surface area (TPSA) is 85.5 Å². The Kier molecular flexibility index (Phi) is 3.45. The monoisotopic (exact) mass is 249 g/mol. The Labute approximate surface area is 105 Å². The average molecular weight is 249 g/mol. The summed E-state index contributed by atoms with van der Waals surface area (Å²) in [6.07, 6.45) is 2.29. The highest BCUT2D eigenvalue weighted by atomic mass is 16.5. The van der Waals surface area contributed by atoms with Gasteiger partial charge in [0.1, 0.15) is 5.69 Å². The molecule has 1 unspecified atom stereocenters. The van der Waals surface area contributed by atoms with Crippen molar-refractivity contribution in [3.63, 3.8) is 0 Å². The molecule has 1 aliphatic rings. The zero-order chi connectivity index (χ0) is 13.1. The van der Waals surface area contributed by atoms with E-state index in [9.17, 15) is 9.59 Å². The van der Waals surface area contributed by atoms with Crippen LogP contribution in [-0.4, -0.2) is 37.1 Å². The van der Waals surface area contributed by atoms with Gasteiger partial charge < -0.3 is 15.4 Å². The highest BCUT2D eigenvalue weighted by molar-refractivity contribution is 5.91. The number of carbonyl (C=O) groups excluding carboxylic acids is 2. The molecule has 0 aromatic carbocycles. The lowest BCUT2D eigenvalue weighted by atomic mass is 10.1. The third-order valence-electron chi connectivity index (χ3n) is 3.08. The first kappa shape index (κ1) is 12.3. The number of methoxy groups -OCH3 is 1. The molecule has 96 valence electrons. The van der Waals surface area contributed by atoms with Gasteiger partial charge in [0.05, 0.1) is 13.0 Å². The quantitative estimate of drug-likeness (QED) is 0.772. The Morgan fingerprint density at radius 3 is 3.00 bits per heavy atom. The number of hydrogen-bond acceptors (Lipinski definition) is 5. The van der Waals surface area contributed by atoms with E-state index in [1.165, 1.54) is 7.11 Å². The summed E-state index contributed by atoms with van der Waals surface area (Å²) in [7, 11) is 1.39.